The van der Waals surface area contributed by atoms with E-state index in [9.17, 15) is 14.4 Å². The Bertz CT molecular complexity index is 408. The molecule has 3 atom stereocenters. The van der Waals surface area contributed by atoms with Gasteiger partial charge in [-0.25, -0.2) is 0 Å². The number of nitrogens with zero attached hydrogens (tertiary/aromatic N) is 1. The van der Waals surface area contributed by atoms with Crippen molar-refractivity contribution < 1.29 is 19.1 Å². The molecule has 3 unspecified atom stereocenters. The van der Waals surface area contributed by atoms with Gasteiger partial charge in [-0.1, -0.05) is 13.8 Å². The van der Waals surface area contributed by atoms with Crippen LogP contribution in [0.3, 0.4) is 0 Å². The van der Waals surface area contributed by atoms with E-state index in [1.165, 1.54) is 4.90 Å². The second kappa shape index (κ2) is 4.59. The minimum atomic E-state index is -0.659. The first-order valence-electron chi connectivity index (χ1n) is 6.55. The smallest absolute Gasteiger partial charge is 0.324 e. The predicted molar refractivity (Wildman–Crippen MR) is 67.0 cm³/mol. The lowest BCUT2D eigenvalue weighted by atomic mass is 10.1. The Morgan fingerprint density at radius 1 is 1.37 bits per heavy atom. The molecule has 2 fully saturated rings. The van der Waals surface area contributed by atoms with Crippen LogP contribution in [0, 0.1) is 17.3 Å². The SMILES string of the molecule is CCOC(=O)C(CN1C(=O)C2C(C1=O)C2(C)C)NC. The molecule has 0 bridgehead atoms. The number of fused-ring (bicyclic) bond motifs is 1. The minimum Gasteiger partial charge on any atom is -0.465 e. The summed E-state index contributed by atoms with van der Waals surface area (Å²) in [6.07, 6.45) is 0. The lowest BCUT2D eigenvalue weighted by Gasteiger charge is -2.24. The number of carbonyl (C=O) groups is 3. The highest BCUT2D eigenvalue weighted by Gasteiger charge is 2.72. The van der Waals surface area contributed by atoms with Crippen LogP contribution in [0.25, 0.3) is 0 Å². The fourth-order valence-electron chi connectivity index (χ4n) is 2.89. The van der Waals surface area contributed by atoms with Gasteiger partial charge in [0.15, 0.2) is 0 Å². The Labute approximate surface area is 112 Å². The molecule has 0 aromatic rings. The molecule has 0 aromatic carbocycles. The molecule has 2 rings (SSSR count). The van der Waals surface area contributed by atoms with Gasteiger partial charge in [0.05, 0.1) is 25.0 Å². The number of nitrogens with one attached hydrogen (secondary N) is 1. The van der Waals surface area contributed by atoms with Gasteiger partial charge in [0.2, 0.25) is 11.8 Å². The van der Waals surface area contributed by atoms with Crippen molar-refractivity contribution in [2.24, 2.45) is 17.3 Å². The molecular formula is C13H20N2O4. The summed E-state index contributed by atoms with van der Waals surface area (Å²) in [4.78, 5) is 37.1. The molecule has 1 aliphatic carbocycles. The van der Waals surface area contributed by atoms with Gasteiger partial charge in [0.25, 0.3) is 0 Å². The van der Waals surface area contributed by atoms with Crippen molar-refractivity contribution in [3.05, 3.63) is 0 Å². The lowest BCUT2D eigenvalue weighted by molar-refractivity contribution is -0.148. The molecule has 6 nitrogen and oxygen atoms in total. The standard InChI is InChI=1S/C13H20N2O4/c1-5-19-12(18)7(14-4)6-15-10(16)8-9(11(15)17)13(8,2)3/h7-9,14H,5-6H2,1-4H3. The van der Waals surface area contributed by atoms with Crippen molar-refractivity contribution in [2.45, 2.75) is 26.8 Å². The largest absolute Gasteiger partial charge is 0.465 e. The molecule has 2 amide bonds. The van der Waals surface area contributed by atoms with Crippen LogP contribution in [0.15, 0.2) is 0 Å². The highest BCUT2D eigenvalue weighted by Crippen LogP contribution is 2.63. The zero-order valence-electron chi connectivity index (χ0n) is 11.7. The Morgan fingerprint density at radius 3 is 2.32 bits per heavy atom. The number of carbonyl (C=O) groups excluding carboxylic acids is 3. The summed E-state index contributed by atoms with van der Waals surface area (Å²) in [6, 6.07) is -0.659. The normalized spacial score (nSPS) is 29.2. The monoisotopic (exact) mass is 268 g/mol. The van der Waals surface area contributed by atoms with Crippen LogP contribution < -0.4 is 5.32 Å². The molecule has 0 aromatic heterocycles. The Hall–Kier alpha value is -1.43. The van der Waals surface area contributed by atoms with E-state index in [0.717, 1.165) is 0 Å². The average molecular weight is 268 g/mol. The van der Waals surface area contributed by atoms with E-state index in [1.54, 1.807) is 14.0 Å². The van der Waals surface area contributed by atoms with Crippen LogP contribution in [0.4, 0.5) is 0 Å². The van der Waals surface area contributed by atoms with Crippen LogP contribution in [0.1, 0.15) is 20.8 Å². The Kier molecular flexibility index (Phi) is 3.38. The third-order valence-corrected chi connectivity index (χ3v) is 4.18. The number of likely N-dealkylation sites (tertiary alicyclic amines) is 1. The molecule has 19 heavy (non-hydrogen) atoms. The third-order valence-electron chi connectivity index (χ3n) is 4.18. The Morgan fingerprint density at radius 2 is 1.89 bits per heavy atom. The molecule has 2 aliphatic rings. The molecule has 1 saturated carbocycles. The van der Waals surface area contributed by atoms with Gasteiger partial charge >= 0.3 is 5.97 Å². The number of hydrogen-bond acceptors (Lipinski definition) is 5. The third kappa shape index (κ3) is 2.04. The number of esters is 1. The predicted octanol–water partition coefficient (Wildman–Crippen LogP) is -0.221. The van der Waals surface area contributed by atoms with E-state index in [4.69, 9.17) is 4.74 Å². The van der Waals surface area contributed by atoms with Crippen LogP contribution in [-0.4, -0.2) is 48.9 Å². The summed E-state index contributed by atoms with van der Waals surface area (Å²) in [5, 5.41) is 2.78. The number of ether oxygens (including phenoxy) is 1. The topological polar surface area (TPSA) is 75.7 Å². The molecule has 1 aliphatic heterocycles. The number of rotatable bonds is 5. The van der Waals surface area contributed by atoms with E-state index < -0.39 is 12.0 Å². The molecule has 1 N–H and O–H groups in total. The van der Waals surface area contributed by atoms with Gasteiger partial charge in [-0.15, -0.1) is 0 Å². The maximum atomic E-state index is 12.1. The maximum absolute atomic E-state index is 12.1. The van der Waals surface area contributed by atoms with Crippen LogP contribution >= 0.6 is 0 Å². The van der Waals surface area contributed by atoms with Gasteiger partial charge in [-0.05, 0) is 19.4 Å². The summed E-state index contributed by atoms with van der Waals surface area (Å²) in [7, 11) is 1.61. The van der Waals surface area contributed by atoms with Gasteiger partial charge in [-0.3, -0.25) is 19.3 Å². The highest BCUT2D eigenvalue weighted by molar-refractivity contribution is 6.10. The van der Waals surface area contributed by atoms with Crippen molar-refractivity contribution in [1.29, 1.82) is 0 Å². The van der Waals surface area contributed by atoms with Gasteiger partial charge in [0.1, 0.15) is 6.04 Å². The number of imide groups is 1. The number of likely N-dealkylation sites (N-methyl/N-ethyl adjacent to an activating group) is 1. The summed E-state index contributed by atoms with van der Waals surface area (Å²) in [5.41, 5.74) is -0.219. The van der Waals surface area contributed by atoms with Gasteiger partial charge in [0, 0.05) is 0 Å². The number of amides is 2. The molecular weight excluding hydrogens is 248 g/mol. The molecule has 1 heterocycles. The fraction of sp³-hybridized carbons (Fsp3) is 0.769. The summed E-state index contributed by atoms with van der Waals surface area (Å²) in [5.74, 6) is -1.18. The summed E-state index contributed by atoms with van der Waals surface area (Å²) in [6.45, 7) is 5.90. The van der Waals surface area contributed by atoms with Crippen molar-refractivity contribution in [2.75, 3.05) is 20.2 Å². The van der Waals surface area contributed by atoms with E-state index in [1.807, 2.05) is 13.8 Å². The summed E-state index contributed by atoms with van der Waals surface area (Å²) >= 11 is 0. The first-order chi connectivity index (χ1) is 8.86. The zero-order chi connectivity index (χ0) is 14.4. The minimum absolute atomic E-state index is 0.0517. The molecule has 6 heteroatoms. The summed E-state index contributed by atoms with van der Waals surface area (Å²) < 4.78 is 4.90. The second-order valence-electron chi connectivity index (χ2n) is 5.66. The van der Waals surface area contributed by atoms with Crippen LogP contribution in [-0.2, 0) is 19.1 Å². The number of piperidine rings is 1. The molecule has 0 spiro atoms. The fourth-order valence-corrected chi connectivity index (χ4v) is 2.89. The quantitative estimate of drug-likeness (QED) is 0.551. The van der Waals surface area contributed by atoms with Crippen LogP contribution in [0.2, 0.25) is 0 Å². The first-order valence-corrected chi connectivity index (χ1v) is 6.55. The molecule has 1 saturated heterocycles. The maximum Gasteiger partial charge on any atom is 0.324 e. The first kappa shape index (κ1) is 14.0. The van der Waals surface area contributed by atoms with Crippen molar-refractivity contribution in [1.82, 2.24) is 10.2 Å². The lowest BCUT2D eigenvalue weighted by Crippen LogP contribution is -2.49. The van der Waals surface area contributed by atoms with Crippen molar-refractivity contribution in [3.8, 4) is 0 Å². The van der Waals surface area contributed by atoms with E-state index >= 15 is 0 Å². The van der Waals surface area contributed by atoms with Crippen molar-refractivity contribution >= 4 is 17.8 Å². The Balaban J connectivity index is 2.03. The van der Waals surface area contributed by atoms with E-state index in [-0.39, 0.29) is 42.2 Å². The highest BCUT2D eigenvalue weighted by atomic mass is 16.5. The molecule has 0 radical (unpaired) electrons. The van der Waals surface area contributed by atoms with Gasteiger partial charge < -0.3 is 10.1 Å². The van der Waals surface area contributed by atoms with Crippen molar-refractivity contribution in [3.63, 3.8) is 0 Å². The second-order valence-corrected chi connectivity index (χ2v) is 5.66. The molecule has 106 valence electrons. The average Bonchev–Trinajstić information content (AvgIpc) is 2.81. The van der Waals surface area contributed by atoms with Gasteiger partial charge in [-0.2, -0.15) is 0 Å². The van der Waals surface area contributed by atoms with Crippen LogP contribution in [0.5, 0.6) is 0 Å². The number of hydrogen-bond donors (Lipinski definition) is 1. The van der Waals surface area contributed by atoms with E-state index in [0.29, 0.717) is 0 Å². The van der Waals surface area contributed by atoms with E-state index in [2.05, 4.69) is 5.32 Å². The zero-order valence-corrected chi connectivity index (χ0v) is 11.7.